The van der Waals surface area contributed by atoms with Crippen LogP contribution in [0.15, 0.2) is 87.4 Å². The number of aromatic nitrogens is 1. The molecule has 1 N–H and O–H groups in total. The van der Waals surface area contributed by atoms with Crippen molar-refractivity contribution in [1.82, 2.24) is 8.87 Å². The number of nitrogens with zero attached hydrogens (tertiary/aromatic N) is 2. The zero-order chi connectivity index (χ0) is 24.6. The molecule has 0 unspecified atom stereocenters. The van der Waals surface area contributed by atoms with Crippen molar-refractivity contribution in [2.75, 3.05) is 17.8 Å². The molecule has 5 rings (SSSR count). The molecule has 35 heavy (non-hydrogen) atoms. The molecule has 0 atom stereocenters. The van der Waals surface area contributed by atoms with Gasteiger partial charge in [-0.15, -0.1) is 0 Å². The Morgan fingerprint density at radius 3 is 2.17 bits per heavy atom. The summed E-state index contributed by atoms with van der Waals surface area (Å²) in [7, 11) is -7.52. The van der Waals surface area contributed by atoms with E-state index in [0.717, 1.165) is 29.7 Å². The predicted octanol–water partition coefficient (Wildman–Crippen LogP) is 3.70. The Balaban J connectivity index is 1.38. The molecule has 0 bridgehead atoms. The van der Waals surface area contributed by atoms with Crippen LogP contribution in [-0.2, 0) is 26.6 Å². The van der Waals surface area contributed by atoms with Crippen molar-refractivity contribution in [1.29, 1.82) is 0 Å². The van der Waals surface area contributed by atoms with Crippen LogP contribution in [0.2, 0.25) is 0 Å². The fourth-order valence-corrected chi connectivity index (χ4v) is 7.72. The zero-order valence-electron chi connectivity index (χ0n) is 18.6. The first-order valence-corrected chi connectivity index (χ1v) is 14.8. The van der Waals surface area contributed by atoms with E-state index in [0.29, 0.717) is 29.9 Å². The van der Waals surface area contributed by atoms with Gasteiger partial charge in [0.15, 0.2) is 0 Å². The second kappa shape index (κ2) is 9.23. The van der Waals surface area contributed by atoms with Crippen molar-refractivity contribution >= 4 is 47.3 Å². The summed E-state index contributed by atoms with van der Waals surface area (Å²) in [5, 5.41) is 0. The molecule has 3 aromatic carbocycles. The van der Waals surface area contributed by atoms with E-state index in [1.807, 2.05) is 30.3 Å². The van der Waals surface area contributed by atoms with Crippen LogP contribution in [0.25, 0.3) is 10.2 Å². The molecule has 4 aromatic rings. The summed E-state index contributed by atoms with van der Waals surface area (Å²) >= 11 is 0.995. The van der Waals surface area contributed by atoms with E-state index < -0.39 is 20.0 Å². The molecule has 1 aliphatic rings. The second-order valence-corrected chi connectivity index (χ2v) is 12.9. The summed E-state index contributed by atoms with van der Waals surface area (Å²) in [4.78, 5) is 12.6. The van der Waals surface area contributed by atoms with Crippen molar-refractivity contribution in [3.8, 4) is 0 Å². The Kier molecular flexibility index (Phi) is 6.26. The molecule has 1 saturated heterocycles. The molecule has 0 amide bonds. The first-order chi connectivity index (χ1) is 16.7. The molecule has 1 aromatic heterocycles. The van der Waals surface area contributed by atoms with E-state index in [1.165, 1.54) is 40.7 Å². The summed E-state index contributed by atoms with van der Waals surface area (Å²) < 4.78 is 57.5. The van der Waals surface area contributed by atoms with Gasteiger partial charge in [-0.25, -0.2) is 16.8 Å². The molecule has 1 aliphatic heterocycles. The molecule has 0 radical (unpaired) electrons. The van der Waals surface area contributed by atoms with Gasteiger partial charge >= 0.3 is 4.87 Å². The van der Waals surface area contributed by atoms with Gasteiger partial charge in [-0.1, -0.05) is 41.7 Å². The maximum Gasteiger partial charge on any atom is 0.308 e. The van der Waals surface area contributed by atoms with Crippen LogP contribution in [0.4, 0.5) is 5.69 Å². The van der Waals surface area contributed by atoms with Crippen LogP contribution in [0.5, 0.6) is 0 Å². The number of sulfonamides is 2. The average Bonchev–Trinajstić information content (AvgIpc) is 3.49. The van der Waals surface area contributed by atoms with Crippen LogP contribution in [0.3, 0.4) is 0 Å². The van der Waals surface area contributed by atoms with Crippen molar-refractivity contribution in [3.63, 3.8) is 0 Å². The zero-order valence-corrected chi connectivity index (χ0v) is 21.1. The van der Waals surface area contributed by atoms with Crippen molar-refractivity contribution in [2.24, 2.45) is 0 Å². The quantitative estimate of drug-likeness (QED) is 0.393. The van der Waals surface area contributed by atoms with Gasteiger partial charge in [0.05, 0.1) is 26.6 Å². The number of benzene rings is 3. The topological polar surface area (TPSA) is 106 Å². The number of thiazole rings is 1. The van der Waals surface area contributed by atoms with Crippen LogP contribution < -0.4 is 9.60 Å². The lowest BCUT2D eigenvalue weighted by molar-refractivity contribution is 0.477. The van der Waals surface area contributed by atoms with Crippen LogP contribution in [0.1, 0.15) is 18.4 Å². The van der Waals surface area contributed by atoms with Gasteiger partial charge in [0.25, 0.3) is 10.0 Å². The molecule has 8 nitrogen and oxygen atoms in total. The summed E-state index contributed by atoms with van der Waals surface area (Å²) in [5.41, 5.74) is 1.89. The Labute approximate surface area is 207 Å². The van der Waals surface area contributed by atoms with Gasteiger partial charge in [-0.05, 0) is 60.9 Å². The molecule has 0 spiro atoms. The second-order valence-electron chi connectivity index (χ2n) is 8.31. The van der Waals surface area contributed by atoms with Gasteiger partial charge < -0.3 is 0 Å². The average molecular weight is 530 g/mol. The Hall–Kier alpha value is -2.99. The number of hydrogen-bond donors (Lipinski definition) is 1. The minimum Gasteiger partial charge on any atom is -0.294 e. The first kappa shape index (κ1) is 23.7. The highest BCUT2D eigenvalue weighted by Crippen LogP contribution is 2.26. The van der Waals surface area contributed by atoms with E-state index in [-0.39, 0.29) is 20.4 Å². The number of nitrogens with one attached hydrogen (secondary N) is 1. The fraction of sp³-hybridized carbons (Fsp3) is 0.208. The van der Waals surface area contributed by atoms with E-state index in [4.69, 9.17) is 0 Å². The van der Waals surface area contributed by atoms with Crippen LogP contribution in [0, 0.1) is 0 Å². The van der Waals surface area contributed by atoms with Crippen LogP contribution >= 0.6 is 11.3 Å². The molecule has 182 valence electrons. The number of rotatable bonds is 7. The lowest BCUT2D eigenvalue weighted by atomic mass is 10.2. The third kappa shape index (κ3) is 4.76. The molecule has 0 aliphatic carbocycles. The van der Waals surface area contributed by atoms with Crippen molar-refractivity contribution in [3.05, 3.63) is 88.0 Å². The van der Waals surface area contributed by atoms with E-state index in [9.17, 15) is 21.6 Å². The monoisotopic (exact) mass is 529 g/mol. The lowest BCUT2D eigenvalue weighted by Crippen LogP contribution is -2.27. The summed E-state index contributed by atoms with van der Waals surface area (Å²) in [6, 6.07) is 19.8. The molecule has 2 heterocycles. The van der Waals surface area contributed by atoms with Crippen molar-refractivity contribution in [2.45, 2.75) is 29.2 Å². The van der Waals surface area contributed by atoms with Gasteiger partial charge in [0.1, 0.15) is 0 Å². The summed E-state index contributed by atoms with van der Waals surface area (Å²) in [5.74, 6) is 0. The number of anilines is 1. The normalized spacial score (nSPS) is 15.0. The minimum atomic E-state index is -3.95. The minimum absolute atomic E-state index is 0.0203. The van der Waals surface area contributed by atoms with Crippen molar-refractivity contribution < 1.29 is 16.8 Å². The molecule has 1 fully saturated rings. The maximum absolute atomic E-state index is 13.0. The lowest BCUT2D eigenvalue weighted by Gasteiger charge is -2.16. The third-order valence-corrected chi connectivity index (χ3v) is 10.2. The molecule has 11 heteroatoms. The Morgan fingerprint density at radius 1 is 0.829 bits per heavy atom. The Bertz CT molecular complexity index is 1640. The van der Waals surface area contributed by atoms with E-state index in [1.54, 1.807) is 10.6 Å². The van der Waals surface area contributed by atoms with Gasteiger partial charge in [-0.2, -0.15) is 4.31 Å². The van der Waals surface area contributed by atoms with E-state index in [2.05, 4.69) is 4.72 Å². The Morgan fingerprint density at radius 2 is 1.49 bits per heavy atom. The SMILES string of the molecule is O=c1sc2cc(S(=O)(=O)Nc3ccc(S(=O)(=O)N4CCCC4)cc3)ccc2n1Cc1ccccc1. The first-order valence-electron chi connectivity index (χ1n) is 11.0. The van der Waals surface area contributed by atoms with E-state index >= 15 is 0 Å². The molecular weight excluding hydrogens is 506 g/mol. The maximum atomic E-state index is 13.0. The predicted molar refractivity (Wildman–Crippen MR) is 137 cm³/mol. The summed E-state index contributed by atoms with van der Waals surface area (Å²) in [6.07, 6.45) is 1.68. The highest BCUT2D eigenvalue weighted by atomic mass is 32.2. The highest BCUT2D eigenvalue weighted by molar-refractivity contribution is 7.92. The fourth-order valence-electron chi connectivity index (χ4n) is 4.12. The smallest absolute Gasteiger partial charge is 0.294 e. The number of hydrogen-bond acceptors (Lipinski definition) is 6. The molecular formula is C24H23N3O5S3. The third-order valence-electron chi connectivity index (χ3n) is 5.94. The summed E-state index contributed by atoms with van der Waals surface area (Å²) in [6.45, 7) is 1.40. The number of fused-ring (bicyclic) bond motifs is 1. The van der Waals surface area contributed by atoms with Crippen LogP contribution in [-0.4, -0.2) is 38.8 Å². The largest absolute Gasteiger partial charge is 0.308 e. The standard InChI is InChI=1S/C24H23N3O5S3/c28-24-27(17-18-6-2-1-3-7-18)22-13-12-21(16-23(22)33-24)34(29,30)25-19-8-10-20(11-9-19)35(31,32)26-14-4-5-15-26/h1-3,6-13,16,25H,4-5,14-15,17H2. The van der Waals surface area contributed by atoms with Gasteiger partial charge in [0.2, 0.25) is 10.0 Å². The van der Waals surface area contributed by atoms with Gasteiger partial charge in [0, 0.05) is 18.8 Å². The van der Waals surface area contributed by atoms with Gasteiger partial charge in [-0.3, -0.25) is 14.1 Å². The highest BCUT2D eigenvalue weighted by Gasteiger charge is 2.27. The molecule has 0 saturated carbocycles.